The lowest BCUT2D eigenvalue weighted by Crippen LogP contribution is -2.08. The van der Waals surface area contributed by atoms with E-state index in [4.69, 9.17) is 13.9 Å². The monoisotopic (exact) mass is 393 g/mol. The molecule has 4 rings (SSSR count). The summed E-state index contributed by atoms with van der Waals surface area (Å²) in [6, 6.07) is 13.7. The Morgan fingerprint density at radius 3 is 2.71 bits per heavy atom. The molecule has 8 heteroatoms. The highest BCUT2D eigenvalue weighted by molar-refractivity contribution is 7.09. The van der Waals surface area contributed by atoms with Crippen molar-refractivity contribution in [2.24, 2.45) is 0 Å². The highest BCUT2D eigenvalue weighted by atomic mass is 32.1. The number of aromatic nitrogens is 3. The summed E-state index contributed by atoms with van der Waals surface area (Å²) in [4.78, 5) is 16.8. The number of ether oxygens (including phenoxy) is 2. The van der Waals surface area contributed by atoms with Gasteiger partial charge in [0.15, 0.2) is 0 Å². The molecular weight excluding hydrogens is 378 g/mol. The Balaban J connectivity index is 1.40. The number of thiazole rings is 1. The Kier molecular flexibility index (Phi) is 5.11. The zero-order chi connectivity index (χ0) is 19.3. The molecule has 0 saturated heterocycles. The molecule has 0 saturated carbocycles. The fourth-order valence-electron chi connectivity index (χ4n) is 2.48. The van der Waals surface area contributed by atoms with Gasteiger partial charge in [-0.15, -0.1) is 21.5 Å². The lowest BCUT2D eigenvalue weighted by atomic mass is 10.2. The summed E-state index contributed by atoms with van der Waals surface area (Å²) in [6.07, 6.45) is 1.26. The van der Waals surface area contributed by atoms with Crippen LogP contribution < -0.4 is 9.47 Å². The molecule has 7 nitrogen and oxygen atoms in total. The summed E-state index contributed by atoms with van der Waals surface area (Å²) < 4.78 is 16.3. The first kappa shape index (κ1) is 17.9. The van der Waals surface area contributed by atoms with Crippen LogP contribution in [0.5, 0.6) is 11.5 Å². The molecule has 0 unspecified atom stereocenters. The fraction of sp³-hybridized carbons (Fsp3) is 0.100. The molecular formula is C20H15N3O4S. The van der Waals surface area contributed by atoms with Gasteiger partial charge in [-0.1, -0.05) is 6.07 Å². The highest BCUT2D eigenvalue weighted by Gasteiger charge is 2.11. The maximum atomic E-state index is 12.4. The molecule has 0 aliphatic carbocycles. The SMILES string of the molecule is Cc1nc(COc2cccc(C(=O)Oc3ccc(-c4nnco4)cc3)c2)cs1. The predicted octanol–water partition coefficient (Wildman–Crippen LogP) is 4.30. The third-order valence-corrected chi connectivity index (χ3v) is 4.62. The predicted molar refractivity (Wildman–Crippen MR) is 102 cm³/mol. The van der Waals surface area contributed by atoms with E-state index in [2.05, 4.69) is 15.2 Å². The zero-order valence-corrected chi connectivity index (χ0v) is 15.7. The van der Waals surface area contributed by atoms with Crippen molar-refractivity contribution in [2.45, 2.75) is 13.5 Å². The number of esters is 1. The number of carbonyl (C=O) groups is 1. The van der Waals surface area contributed by atoms with Crippen LogP contribution in [0.3, 0.4) is 0 Å². The van der Waals surface area contributed by atoms with E-state index in [0.29, 0.717) is 29.6 Å². The average molecular weight is 393 g/mol. The number of rotatable bonds is 6. The second-order valence-electron chi connectivity index (χ2n) is 5.83. The molecule has 0 spiro atoms. The van der Waals surface area contributed by atoms with E-state index in [1.165, 1.54) is 6.39 Å². The van der Waals surface area contributed by atoms with Crippen molar-refractivity contribution in [3.05, 3.63) is 76.6 Å². The van der Waals surface area contributed by atoms with E-state index < -0.39 is 5.97 Å². The van der Waals surface area contributed by atoms with Crippen LogP contribution in [0.25, 0.3) is 11.5 Å². The summed E-state index contributed by atoms with van der Waals surface area (Å²) in [6.45, 7) is 2.29. The van der Waals surface area contributed by atoms with E-state index >= 15 is 0 Å². The first-order valence-electron chi connectivity index (χ1n) is 8.40. The van der Waals surface area contributed by atoms with Crippen molar-refractivity contribution in [1.82, 2.24) is 15.2 Å². The van der Waals surface area contributed by atoms with E-state index in [1.54, 1.807) is 59.9 Å². The second kappa shape index (κ2) is 8.01. The fourth-order valence-corrected chi connectivity index (χ4v) is 3.07. The minimum atomic E-state index is -0.472. The third-order valence-electron chi connectivity index (χ3n) is 3.79. The van der Waals surface area contributed by atoms with Gasteiger partial charge in [-0.25, -0.2) is 9.78 Å². The van der Waals surface area contributed by atoms with Gasteiger partial charge in [-0.05, 0) is 49.4 Å². The molecule has 0 N–H and O–H groups in total. The van der Waals surface area contributed by atoms with Crippen LogP contribution >= 0.6 is 11.3 Å². The average Bonchev–Trinajstić information content (AvgIpc) is 3.39. The maximum Gasteiger partial charge on any atom is 0.343 e. The molecule has 0 aliphatic heterocycles. The topological polar surface area (TPSA) is 87.3 Å². The largest absolute Gasteiger partial charge is 0.487 e. The lowest BCUT2D eigenvalue weighted by molar-refractivity contribution is 0.0734. The molecule has 0 bridgehead atoms. The van der Waals surface area contributed by atoms with Crippen LogP contribution in [0.15, 0.2) is 64.7 Å². The van der Waals surface area contributed by atoms with Gasteiger partial charge in [0.2, 0.25) is 12.3 Å². The number of hydrogen-bond donors (Lipinski definition) is 0. The Hall–Kier alpha value is -3.52. The van der Waals surface area contributed by atoms with Gasteiger partial charge in [0.1, 0.15) is 18.1 Å². The van der Waals surface area contributed by atoms with E-state index in [9.17, 15) is 4.79 Å². The quantitative estimate of drug-likeness (QED) is 0.356. The number of carbonyl (C=O) groups excluding carboxylic acids is 1. The van der Waals surface area contributed by atoms with Gasteiger partial charge in [0, 0.05) is 10.9 Å². The normalized spacial score (nSPS) is 10.6. The summed E-state index contributed by atoms with van der Waals surface area (Å²) >= 11 is 1.57. The zero-order valence-electron chi connectivity index (χ0n) is 14.9. The van der Waals surface area contributed by atoms with E-state index in [-0.39, 0.29) is 0 Å². The van der Waals surface area contributed by atoms with Gasteiger partial charge in [0.05, 0.1) is 16.3 Å². The van der Waals surface area contributed by atoms with Crippen LogP contribution in [-0.2, 0) is 6.61 Å². The molecule has 0 aliphatic rings. The molecule has 0 amide bonds. The van der Waals surface area contributed by atoms with Gasteiger partial charge in [0.25, 0.3) is 0 Å². The van der Waals surface area contributed by atoms with Crippen LogP contribution in [0.1, 0.15) is 21.1 Å². The molecule has 2 heterocycles. The smallest absolute Gasteiger partial charge is 0.343 e. The summed E-state index contributed by atoms with van der Waals surface area (Å²) in [5, 5.41) is 10.4. The molecule has 0 radical (unpaired) electrons. The molecule has 2 aromatic carbocycles. The maximum absolute atomic E-state index is 12.4. The van der Waals surface area contributed by atoms with Crippen LogP contribution in [-0.4, -0.2) is 21.2 Å². The first-order valence-corrected chi connectivity index (χ1v) is 9.28. The molecule has 4 aromatic rings. The molecule has 140 valence electrons. The van der Waals surface area contributed by atoms with Crippen molar-refractivity contribution in [2.75, 3.05) is 0 Å². The van der Waals surface area contributed by atoms with Crippen molar-refractivity contribution >= 4 is 17.3 Å². The van der Waals surface area contributed by atoms with Crippen LogP contribution in [0.2, 0.25) is 0 Å². The van der Waals surface area contributed by atoms with Crippen molar-refractivity contribution in [3.63, 3.8) is 0 Å². The minimum Gasteiger partial charge on any atom is -0.487 e. The van der Waals surface area contributed by atoms with Gasteiger partial charge in [-0.2, -0.15) is 0 Å². The van der Waals surface area contributed by atoms with Crippen LogP contribution in [0, 0.1) is 6.92 Å². The van der Waals surface area contributed by atoms with Crippen molar-refractivity contribution in [3.8, 4) is 23.0 Å². The molecule has 0 fully saturated rings. The number of benzene rings is 2. The van der Waals surface area contributed by atoms with Crippen molar-refractivity contribution in [1.29, 1.82) is 0 Å². The third kappa shape index (κ3) is 4.24. The molecule has 0 atom stereocenters. The standard InChI is InChI=1S/C20H15N3O4S/c1-13-22-16(11-28-13)10-25-18-4-2-3-15(9-18)20(24)27-17-7-5-14(6-8-17)19-23-21-12-26-19/h2-9,11-12H,10H2,1H3. The second-order valence-corrected chi connectivity index (χ2v) is 6.89. The van der Waals surface area contributed by atoms with E-state index in [0.717, 1.165) is 16.3 Å². The number of nitrogens with zero attached hydrogens (tertiary/aromatic N) is 3. The Morgan fingerprint density at radius 1 is 1.14 bits per heavy atom. The molecule has 28 heavy (non-hydrogen) atoms. The highest BCUT2D eigenvalue weighted by Crippen LogP contribution is 2.22. The van der Waals surface area contributed by atoms with E-state index in [1.807, 2.05) is 12.3 Å². The van der Waals surface area contributed by atoms with Gasteiger partial charge >= 0.3 is 5.97 Å². The number of aryl methyl sites for hydroxylation is 1. The lowest BCUT2D eigenvalue weighted by Gasteiger charge is -2.08. The number of hydrogen-bond acceptors (Lipinski definition) is 8. The summed E-state index contributed by atoms with van der Waals surface area (Å²) in [5.41, 5.74) is 2.00. The first-order chi connectivity index (χ1) is 13.7. The van der Waals surface area contributed by atoms with Gasteiger partial charge in [-0.3, -0.25) is 0 Å². The Bertz CT molecular complexity index is 1080. The Morgan fingerprint density at radius 2 is 2.00 bits per heavy atom. The Labute approximate surface area is 164 Å². The minimum absolute atomic E-state index is 0.347. The van der Waals surface area contributed by atoms with Gasteiger partial charge < -0.3 is 13.9 Å². The molecule has 2 aromatic heterocycles. The van der Waals surface area contributed by atoms with Crippen LogP contribution in [0.4, 0.5) is 0 Å². The van der Waals surface area contributed by atoms with Crippen molar-refractivity contribution < 1.29 is 18.7 Å². The summed E-state index contributed by atoms with van der Waals surface area (Å²) in [5.74, 6) is 0.919. The summed E-state index contributed by atoms with van der Waals surface area (Å²) in [7, 11) is 0.